The predicted molar refractivity (Wildman–Crippen MR) is 70.8 cm³/mol. The Morgan fingerprint density at radius 2 is 2.12 bits per heavy atom. The number of aromatic nitrogens is 1. The van der Waals surface area contributed by atoms with Crippen LogP contribution in [0.25, 0.3) is 0 Å². The molecule has 5 heteroatoms. The number of benzene rings is 1. The van der Waals surface area contributed by atoms with E-state index in [4.69, 9.17) is 11.0 Å². The van der Waals surface area contributed by atoms with Crippen LogP contribution in [0, 0.1) is 11.3 Å². The molecular weight excluding hydrogens is 280 g/mol. The molecule has 0 aliphatic rings. The summed E-state index contributed by atoms with van der Waals surface area (Å²) >= 11 is 3.32. The van der Waals surface area contributed by atoms with Gasteiger partial charge in [-0.1, -0.05) is 15.9 Å². The zero-order valence-corrected chi connectivity index (χ0v) is 10.4. The molecule has 0 aliphatic heterocycles. The summed E-state index contributed by atoms with van der Waals surface area (Å²) < 4.78 is 0.870. The number of rotatable bonds is 2. The molecule has 84 valence electrons. The van der Waals surface area contributed by atoms with Gasteiger partial charge < -0.3 is 11.1 Å². The molecule has 0 fully saturated rings. The molecule has 0 aliphatic carbocycles. The normalized spacial score (nSPS) is 9.65. The maximum absolute atomic E-state index is 9.02. The van der Waals surface area contributed by atoms with Gasteiger partial charge in [-0.3, -0.25) is 0 Å². The van der Waals surface area contributed by atoms with Crippen molar-refractivity contribution in [3.63, 3.8) is 0 Å². The number of anilines is 3. The maximum Gasteiger partial charge on any atom is 0.123 e. The van der Waals surface area contributed by atoms with Crippen LogP contribution in [0.15, 0.2) is 41.0 Å². The van der Waals surface area contributed by atoms with Gasteiger partial charge >= 0.3 is 0 Å². The van der Waals surface area contributed by atoms with E-state index in [2.05, 4.69) is 32.3 Å². The fourth-order valence-corrected chi connectivity index (χ4v) is 1.71. The molecular formula is C12H9BrN4. The second-order valence-electron chi connectivity index (χ2n) is 3.40. The van der Waals surface area contributed by atoms with E-state index in [1.807, 2.05) is 18.2 Å². The first kappa shape index (κ1) is 11.4. The average molecular weight is 289 g/mol. The monoisotopic (exact) mass is 288 g/mol. The molecule has 0 unspecified atom stereocenters. The Hall–Kier alpha value is -2.06. The van der Waals surface area contributed by atoms with E-state index in [0.717, 1.165) is 15.8 Å². The van der Waals surface area contributed by atoms with Crippen LogP contribution in [0.2, 0.25) is 0 Å². The Morgan fingerprint density at radius 3 is 2.76 bits per heavy atom. The van der Waals surface area contributed by atoms with Crippen LogP contribution < -0.4 is 11.1 Å². The summed E-state index contributed by atoms with van der Waals surface area (Å²) in [4.78, 5) is 3.97. The minimum atomic E-state index is 0.465. The number of pyridine rings is 1. The van der Waals surface area contributed by atoms with Gasteiger partial charge in [0.25, 0.3) is 0 Å². The van der Waals surface area contributed by atoms with Crippen LogP contribution in [-0.4, -0.2) is 4.98 Å². The highest BCUT2D eigenvalue weighted by Gasteiger charge is 2.03. The van der Waals surface area contributed by atoms with Gasteiger partial charge in [-0.05, 0) is 30.3 Å². The molecule has 0 spiro atoms. The van der Waals surface area contributed by atoms with E-state index in [0.29, 0.717) is 11.4 Å². The van der Waals surface area contributed by atoms with E-state index in [1.165, 1.54) is 0 Å². The van der Waals surface area contributed by atoms with Crippen molar-refractivity contribution < 1.29 is 0 Å². The molecule has 2 rings (SSSR count). The van der Waals surface area contributed by atoms with Gasteiger partial charge in [-0.2, -0.15) is 5.26 Å². The molecule has 17 heavy (non-hydrogen) atoms. The lowest BCUT2D eigenvalue weighted by Crippen LogP contribution is -1.95. The third-order valence-electron chi connectivity index (χ3n) is 2.17. The zero-order chi connectivity index (χ0) is 12.3. The van der Waals surface area contributed by atoms with Crippen molar-refractivity contribution in [2.75, 3.05) is 11.1 Å². The third-order valence-corrected chi connectivity index (χ3v) is 2.66. The molecule has 0 bridgehead atoms. The van der Waals surface area contributed by atoms with Crippen molar-refractivity contribution in [2.24, 2.45) is 0 Å². The Balaban J connectivity index is 2.30. The van der Waals surface area contributed by atoms with Crippen molar-refractivity contribution >= 4 is 33.1 Å². The molecule has 0 atom stereocenters. The highest BCUT2D eigenvalue weighted by atomic mass is 79.9. The van der Waals surface area contributed by atoms with Crippen molar-refractivity contribution in [3.8, 4) is 6.07 Å². The van der Waals surface area contributed by atoms with Crippen molar-refractivity contribution in [1.29, 1.82) is 5.26 Å². The first-order chi connectivity index (χ1) is 8.19. The summed E-state index contributed by atoms with van der Waals surface area (Å²) in [6, 6.07) is 11.1. The summed E-state index contributed by atoms with van der Waals surface area (Å²) in [5.41, 5.74) is 7.59. The number of nitrogens with two attached hydrogens (primary N) is 1. The van der Waals surface area contributed by atoms with Gasteiger partial charge in [0.05, 0.1) is 23.1 Å². The number of nitriles is 1. The number of hydrogen-bond donors (Lipinski definition) is 2. The molecule has 2 aromatic rings. The Morgan fingerprint density at radius 1 is 1.29 bits per heavy atom. The molecule has 0 saturated heterocycles. The predicted octanol–water partition coefficient (Wildman–Crippen LogP) is 3.04. The first-order valence-corrected chi connectivity index (χ1v) is 5.66. The lowest BCUT2D eigenvalue weighted by Gasteiger charge is -2.08. The van der Waals surface area contributed by atoms with Crippen molar-refractivity contribution in [2.45, 2.75) is 0 Å². The van der Waals surface area contributed by atoms with Crippen LogP contribution in [0.3, 0.4) is 0 Å². The Labute approximate surface area is 107 Å². The summed E-state index contributed by atoms with van der Waals surface area (Å²) in [5, 5.41) is 12.1. The minimum absolute atomic E-state index is 0.465. The number of hydrogen-bond acceptors (Lipinski definition) is 4. The fraction of sp³-hybridized carbons (Fsp3) is 0. The van der Waals surface area contributed by atoms with E-state index in [9.17, 15) is 0 Å². The minimum Gasteiger partial charge on any atom is -0.384 e. The van der Waals surface area contributed by atoms with Gasteiger partial charge in [-0.15, -0.1) is 0 Å². The maximum atomic E-state index is 9.02. The highest BCUT2D eigenvalue weighted by Crippen LogP contribution is 2.23. The SMILES string of the molecule is N#Cc1cc(Br)ccc1Nc1ccc(N)nc1. The lowest BCUT2D eigenvalue weighted by atomic mass is 10.2. The molecule has 0 saturated carbocycles. The second kappa shape index (κ2) is 4.85. The molecule has 0 amide bonds. The molecule has 1 aromatic heterocycles. The highest BCUT2D eigenvalue weighted by molar-refractivity contribution is 9.10. The smallest absolute Gasteiger partial charge is 0.123 e. The summed E-state index contributed by atoms with van der Waals surface area (Å²) in [5.74, 6) is 0.465. The average Bonchev–Trinajstić information content (AvgIpc) is 2.34. The Bertz CT molecular complexity index is 572. The first-order valence-electron chi connectivity index (χ1n) is 4.87. The van der Waals surface area contributed by atoms with Gasteiger partial charge in [0, 0.05) is 4.47 Å². The van der Waals surface area contributed by atoms with Crippen molar-refractivity contribution in [1.82, 2.24) is 4.98 Å². The van der Waals surface area contributed by atoms with Crippen LogP contribution in [-0.2, 0) is 0 Å². The lowest BCUT2D eigenvalue weighted by molar-refractivity contribution is 1.33. The van der Waals surface area contributed by atoms with E-state index >= 15 is 0 Å². The molecule has 4 nitrogen and oxygen atoms in total. The van der Waals surface area contributed by atoms with E-state index in [-0.39, 0.29) is 0 Å². The largest absolute Gasteiger partial charge is 0.384 e. The molecule has 1 heterocycles. The van der Waals surface area contributed by atoms with Crippen LogP contribution in [0.4, 0.5) is 17.2 Å². The van der Waals surface area contributed by atoms with Crippen LogP contribution in [0.5, 0.6) is 0 Å². The zero-order valence-electron chi connectivity index (χ0n) is 8.81. The van der Waals surface area contributed by atoms with Gasteiger partial charge in [0.1, 0.15) is 11.9 Å². The number of nitrogen functional groups attached to an aromatic ring is 1. The molecule has 0 radical (unpaired) electrons. The second-order valence-corrected chi connectivity index (χ2v) is 4.31. The third kappa shape index (κ3) is 2.74. The van der Waals surface area contributed by atoms with E-state index in [1.54, 1.807) is 18.3 Å². The summed E-state index contributed by atoms with van der Waals surface area (Å²) in [6.45, 7) is 0. The molecule has 1 aromatic carbocycles. The Kier molecular flexibility index (Phi) is 3.26. The van der Waals surface area contributed by atoms with Crippen LogP contribution in [0.1, 0.15) is 5.56 Å². The fourth-order valence-electron chi connectivity index (χ4n) is 1.35. The van der Waals surface area contributed by atoms with E-state index < -0.39 is 0 Å². The van der Waals surface area contributed by atoms with Crippen molar-refractivity contribution in [3.05, 3.63) is 46.6 Å². The quantitative estimate of drug-likeness (QED) is 0.891. The molecule has 3 N–H and O–H groups in total. The standard InChI is InChI=1S/C12H9BrN4/c13-9-1-3-11(8(5-9)6-14)17-10-2-4-12(15)16-7-10/h1-5,7,17H,(H2,15,16). The number of halogens is 1. The summed E-state index contributed by atoms with van der Waals surface area (Å²) in [6.07, 6.45) is 1.62. The number of nitrogens with zero attached hydrogens (tertiary/aromatic N) is 2. The topological polar surface area (TPSA) is 74.7 Å². The van der Waals surface area contributed by atoms with Crippen LogP contribution >= 0.6 is 15.9 Å². The van der Waals surface area contributed by atoms with Gasteiger partial charge in [-0.25, -0.2) is 4.98 Å². The number of nitrogens with one attached hydrogen (secondary N) is 1. The van der Waals surface area contributed by atoms with Gasteiger partial charge in [0.2, 0.25) is 0 Å². The summed E-state index contributed by atoms with van der Waals surface area (Å²) in [7, 11) is 0. The van der Waals surface area contributed by atoms with Gasteiger partial charge in [0.15, 0.2) is 0 Å².